The molecule has 31 heavy (non-hydrogen) atoms. The maximum Gasteiger partial charge on any atom is 0.197 e. The van der Waals surface area contributed by atoms with Crippen molar-refractivity contribution >= 4 is 33.3 Å². The van der Waals surface area contributed by atoms with Crippen LogP contribution in [0.4, 0.5) is 0 Å². The van der Waals surface area contributed by atoms with Crippen molar-refractivity contribution in [1.29, 1.82) is 0 Å². The Kier molecular flexibility index (Phi) is 5.70. The molecule has 0 amide bonds. The smallest absolute Gasteiger partial charge is 0.197 e. The van der Waals surface area contributed by atoms with Crippen LogP contribution < -0.4 is 0 Å². The van der Waals surface area contributed by atoms with E-state index in [4.69, 9.17) is 14.7 Å². The predicted molar refractivity (Wildman–Crippen MR) is 121 cm³/mol. The lowest BCUT2D eigenvalue weighted by Crippen LogP contribution is -2.36. The molecule has 1 saturated heterocycles. The van der Waals surface area contributed by atoms with Gasteiger partial charge in [0.25, 0.3) is 0 Å². The molecule has 4 aromatic rings. The molecule has 0 saturated carbocycles. The first-order valence-corrected chi connectivity index (χ1v) is 11.8. The van der Waals surface area contributed by atoms with Crippen LogP contribution in [-0.2, 0) is 18.3 Å². The van der Waals surface area contributed by atoms with E-state index in [0.717, 1.165) is 70.5 Å². The Balaban J connectivity index is 1.52. The third-order valence-electron chi connectivity index (χ3n) is 5.47. The molecule has 1 aliphatic heterocycles. The number of pyridine rings is 1. The number of morpholine rings is 1. The fraction of sp³-hybridized carbons (Fsp3) is 0.381. The summed E-state index contributed by atoms with van der Waals surface area (Å²) in [7, 11) is 1.98. The summed E-state index contributed by atoms with van der Waals surface area (Å²) in [5.74, 6) is 1.65. The Bertz CT molecular complexity index is 1220. The molecule has 0 spiro atoms. The van der Waals surface area contributed by atoms with Gasteiger partial charge in [-0.25, -0.2) is 9.97 Å². The van der Waals surface area contributed by atoms with E-state index in [2.05, 4.69) is 33.9 Å². The summed E-state index contributed by atoms with van der Waals surface area (Å²) in [6, 6.07) is 3.88. The molecule has 0 N–H and O–H groups in total. The minimum atomic E-state index is 0.726. The number of aryl methyl sites for hydroxylation is 2. The van der Waals surface area contributed by atoms with Gasteiger partial charge in [-0.3, -0.25) is 9.88 Å². The molecule has 4 aromatic heterocycles. The van der Waals surface area contributed by atoms with Crippen LogP contribution in [0.1, 0.15) is 16.3 Å². The Morgan fingerprint density at radius 2 is 1.87 bits per heavy atom. The van der Waals surface area contributed by atoms with Gasteiger partial charge in [0.15, 0.2) is 11.0 Å². The monoisotopic (exact) mass is 453 g/mol. The molecule has 10 heteroatoms. The average Bonchev–Trinajstić information content (AvgIpc) is 3.28. The maximum absolute atomic E-state index is 5.47. The predicted octanol–water partition coefficient (Wildman–Crippen LogP) is 3.48. The van der Waals surface area contributed by atoms with Crippen molar-refractivity contribution in [2.24, 2.45) is 7.05 Å². The fourth-order valence-electron chi connectivity index (χ4n) is 3.60. The third kappa shape index (κ3) is 4.08. The second kappa shape index (κ2) is 8.62. The zero-order chi connectivity index (χ0) is 21.4. The molecular formula is C21H23N7OS2. The number of fused-ring (bicyclic) bond motifs is 1. The number of aromatic nitrogens is 6. The molecule has 5 heterocycles. The standard InChI is InChI=1S/C21H23N7OS2/c1-13-14(2)30-19-17(13)20(24-16(23-19)12-28-8-10-29-11-9-28)31-21-26-25-18(27(21)3)15-4-6-22-7-5-15/h4-7H,8-12H2,1-3H3. The number of hydrogen-bond donors (Lipinski definition) is 0. The topological polar surface area (TPSA) is 81.8 Å². The summed E-state index contributed by atoms with van der Waals surface area (Å²) in [6.07, 6.45) is 3.53. The Hall–Kier alpha value is -2.40. The zero-order valence-corrected chi connectivity index (χ0v) is 19.3. The van der Waals surface area contributed by atoms with E-state index in [1.807, 2.05) is 23.7 Å². The van der Waals surface area contributed by atoms with Gasteiger partial charge < -0.3 is 9.30 Å². The summed E-state index contributed by atoms with van der Waals surface area (Å²) >= 11 is 3.28. The second-order valence-electron chi connectivity index (χ2n) is 7.50. The van der Waals surface area contributed by atoms with Crippen molar-refractivity contribution in [3.8, 4) is 11.4 Å². The summed E-state index contributed by atoms with van der Waals surface area (Å²) in [4.78, 5) is 18.6. The highest BCUT2D eigenvalue weighted by atomic mass is 32.2. The lowest BCUT2D eigenvalue weighted by Gasteiger charge is -2.25. The van der Waals surface area contributed by atoms with Crippen LogP contribution >= 0.6 is 23.1 Å². The van der Waals surface area contributed by atoms with E-state index in [1.54, 1.807) is 35.5 Å². The quantitative estimate of drug-likeness (QED) is 0.425. The summed E-state index contributed by atoms with van der Waals surface area (Å²) in [6.45, 7) is 8.35. The van der Waals surface area contributed by atoms with Crippen molar-refractivity contribution in [2.75, 3.05) is 26.3 Å². The first-order chi connectivity index (χ1) is 15.1. The molecule has 5 rings (SSSR count). The molecule has 0 aromatic carbocycles. The van der Waals surface area contributed by atoms with Gasteiger partial charge in [-0.15, -0.1) is 21.5 Å². The molecule has 0 atom stereocenters. The molecule has 1 aliphatic rings. The van der Waals surface area contributed by atoms with Gasteiger partial charge in [0.1, 0.15) is 15.7 Å². The van der Waals surface area contributed by atoms with Gasteiger partial charge in [0.05, 0.1) is 19.8 Å². The number of ether oxygens (including phenoxy) is 1. The lowest BCUT2D eigenvalue weighted by molar-refractivity contribution is 0.0330. The highest BCUT2D eigenvalue weighted by Crippen LogP contribution is 2.38. The SMILES string of the molecule is Cc1sc2nc(CN3CCOCC3)nc(Sc3nnc(-c4ccncc4)n3C)c2c1C. The molecular weight excluding hydrogens is 430 g/mol. The minimum Gasteiger partial charge on any atom is -0.379 e. The van der Waals surface area contributed by atoms with Gasteiger partial charge in [-0.05, 0) is 43.3 Å². The largest absolute Gasteiger partial charge is 0.379 e. The van der Waals surface area contributed by atoms with Gasteiger partial charge in [-0.1, -0.05) is 0 Å². The van der Waals surface area contributed by atoms with Crippen LogP contribution in [-0.4, -0.2) is 60.9 Å². The van der Waals surface area contributed by atoms with Gasteiger partial charge in [-0.2, -0.15) is 0 Å². The van der Waals surface area contributed by atoms with Gasteiger partial charge >= 0.3 is 0 Å². The Morgan fingerprint density at radius 3 is 2.65 bits per heavy atom. The highest BCUT2D eigenvalue weighted by Gasteiger charge is 2.20. The minimum absolute atomic E-state index is 0.726. The third-order valence-corrected chi connectivity index (χ3v) is 7.60. The number of nitrogens with zero attached hydrogens (tertiary/aromatic N) is 7. The van der Waals surface area contributed by atoms with E-state index in [9.17, 15) is 0 Å². The summed E-state index contributed by atoms with van der Waals surface area (Å²) < 4.78 is 7.48. The normalized spacial score (nSPS) is 15.1. The average molecular weight is 454 g/mol. The van der Waals surface area contributed by atoms with Crippen molar-refractivity contribution < 1.29 is 4.74 Å². The first-order valence-electron chi connectivity index (χ1n) is 10.1. The lowest BCUT2D eigenvalue weighted by atomic mass is 10.2. The van der Waals surface area contributed by atoms with Gasteiger partial charge in [0.2, 0.25) is 0 Å². The van der Waals surface area contributed by atoms with Gasteiger partial charge in [0, 0.05) is 48.4 Å². The van der Waals surface area contributed by atoms with E-state index in [0.29, 0.717) is 0 Å². The molecule has 0 unspecified atom stereocenters. The fourth-order valence-corrected chi connectivity index (χ4v) is 5.69. The highest BCUT2D eigenvalue weighted by molar-refractivity contribution is 7.99. The van der Waals surface area contributed by atoms with Crippen LogP contribution in [0.2, 0.25) is 0 Å². The number of thiophene rings is 1. The summed E-state index contributed by atoms with van der Waals surface area (Å²) in [5, 5.41) is 11.7. The Morgan fingerprint density at radius 1 is 1.10 bits per heavy atom. The zero-order valence-electron chi connectivity index (χ0n) is 17.7. The van der Waals surface area contributed by atoms with Crippen molar-refractivity contribution in [3.05, 3.63) is 40.8 Å². The molecule has 8 nitrogen and oxygen atoms in total. The van der Waals surface area contributed by atoms with Crippen molar-refractivity contribution in [1.82, 2.24) is 34.6 Å². The molecule has 0 radical (unpaired) electrons. The van der Waals surface area contributed by atoms with Crippen LogP contribution in [0, 0.1) is 13.8 Å². The molecule has 1 fully saturated rings. The van der Waals surface area contributed by atoms with E-state index in [1.165, 1.54) is 10.4 Å². The van der Waals surface area contributed by atoms with E-state index in [-0.39, 0.29) is 0 Å². The number of rotatable bonds is 5. The Labute approximate surface area is 188 Å². The first kappa shape index (κ1) is 20.5. The number of hydrogen-bond acceptors (Lipinski definition) is 9. The maximum atomic E-state index is 5.47. The molecule has 0 bridgehead atoms. The summed E-state index contributed by atoms with van der Waals surface area (Å²) in [5.41, 5.74) is 2.22. The van der Waals surface area contributed by atoms with Crippen molar-refractivity contribution in [2.45, 2.75) is 30.6 Å². The van der Waals surface area contributed by atoms with Crippen LogP contribution in [0.3, 0.4) is 0 Å². The van der Waals surface area contributed by atoms with Crippen LogP contribution in [0.15, 0.2) is 34.7 Å². The van der Waals surface area contributed by atoms with Crippen LogP contribution in [0.5, 0.6) is 0 Å². The van der Waals surface area contributed by atoms with Crippen LogP contribution in [0.25, 0.3) is 21.6 Å². The van der Waals surface area contributed by atoms with E-state index >= 15 is 0 Å². The molecule has 0 aliphatic carbocycles. The second-order valence-corrected chi connectivity index (χ2v) is 9.66. The molecule has 160 valence electrons. The van der Waals surface area contributed by atoms with E-state index < -0.39 is 0 Å². The van der Waals surface area contributed by atoms with Crippen molar-refractivity contribution in [3.63, 3.8) is 0 Å².